The fourth-order valence-corrected chi connectivity index (χ4v) is 2.67. The molecule has 0 radical (unpaired) electrons. The molecule has 0 spiro atoms. The highest BCUT2D eigenvalue weighted by atomic mass is 19.4. The van der Waals surface area contributed by atoms with Crippen LogP contribution in [-0.2, 0) is 4.79 Å². The Morgan fingerprint density at radius 3 is 2.37 bits per heavy atom. The van der Waals surface area contributed by atoms with Crippen LogP contribution in [-0.4, -0.2) is 29.1 Å². The van der Waals surface area contributed by atoms with Crippen LogP contribution in [0.1, 0.15) is 24.6 Å². The van der Waals surface area contributed by atoms with Crippen molar-refractivity contribution in [2.45, 2.75) is 30.7 Å². The van der Waals surface area contributed by atoms with Gasteiger partial charge in [-0.2, -0.15) is 13.2 Å². The number of rotatable bonds is 2. The van der Waals surface area contributed by atoms with Gasteiger partial charge in [0.2, 0.25) is 5.91 Å². The molecule has 2 aliphatic rings. The van der Waals surface area contributed by atoms with Gasteiger partial charge in [0, 0.05) is 0 Å². The van der Waals surface area contributed by atoms with Crippen molar-refractivity contribution in [3.8, 4) is 0 Å². The largest absolute Gasteiger partial charge is 0.411 e. The number of amides is 1. The normalized spacial score (nSPS) is 25.7. The average molecular weight is 270 g/mol. The molecule has 1 N–H and O–H groups in total. The van der Waals surface area contributed by atoms with Crippen LogP contribution >= 0.6 is 0 Å². The number of carbonyl (C=O) groups excluding carboxylic acids is 1. The fraction of sp³-hybridized carbons (Fsp3) is 0.462. The van der Waals surface area contributed by atoms with Crippen molar-refractivity contribution >= 4 is 5.91 Å². The zero-order valence-electron chi connectivity index (χ0n) is 10.1. The summed E-state index contributed by atoms with van der Waals surface area (Å²) in [6.07, 6.45) is -5.07. The molecule has 19 heavy (non-hydrogen) atoms. The Morgan fingerprint density at radius 1 is 1.21 bits per heavy atom. The summed E-state index contributed by atoms with van der Waals surface area (Å²) in [6, 6.07) is 8.77. The third kappa shape index (κ3) is 1.82. The monoisotopic (exact) mass is 270 g/mol. The van der Waals surface area contributed by atoms with Gasteiger partial charge >= 0.3 is 6.18 Å². The van der Waals surface area contributed by atoms with Gasteiger partial charge in [0.15, 0.2) is 0 Å². The minimum absolute atomic E-state index is 0.00669. The average Bonchev–Trinajstić information content (AvgIpc) is 3.09. The van der Waals surface area contributed by atoms with Crippen molar-refractivity contribution in [2.75, 3.05) is 6.54 Å². The summed E-state index contributed by atoms with van der Waals surface area (Å²) in [5, 5.41) is 2.87. The van der Waals surface area contributed by atoms with Gasteiger partial charge in [-0.05, 0) is 18.4 Å². The summed E-state index contributed by atoms with van der Waals surface area (Å²) in [4.78, 5) is 12.8. The number of nitrogens with zero attached hydrogens (tertiary/aromatic N) is 1. The van der Waals surface area contributed by atoms with E-state index in [9.17, 15) is 18.0 Å². The van der Waals surface area contributed by atoms with E-state index in [4.69, 9.17) is 0 Å². The molecule has 3 rings (SSSR count). The molecule has 1 saturated carbocycles. The van der Waals surface area contributed by atoms with E-state index in [-0.39, 0.29) is 19.4 Å². The van der Waals surface area contributed by atoms with Gasteiger partial charge < -0.3 is 4.90 Å². The van der Waals surface area contributed by atoms with Crippen molar-refractivity contribution < 1.29 is 18.0 Å². The highest BCUT2D eigenvalue weighted by Crippen LogP contribution is 2.56. The second kappa shape index (κ2) is 3.96. The van der Waals surface area contributed by atoms with Crippen molar-refractivity contribution in [2.24, 2.45) is 0 Å². The summed E-state index contributed by atoms with van der Waals surface area (Å²) < 4.78 is 39.6. The lowest BCUT2D eigenvalue weighted by atomic mass is 10.1. The minimum Gasteiger partial charge on any atom is -0.307 e. The molecule has 0 aromatic heterocycles. The molecule has 1 unspecified atom stereocenters. The molecular weight excluding hydrogens is 257 g/mol. The smallest absolute Gasteiger partial charge is 0.307 e. The van der Waals surface area contributed by atoms with Crippen LogP contribution < -0.4 is 5.32 Å². The summed E-state index contributed by atoms with van der Waals surface area (Å²) in [7, 11) is 0. The van der Waals surface area contributed by atoms with Crippen LogP contribution in [0.25, 0.3) is 0 Å². The lowest BCUT2D eigenvalue weighted by molar-refractivity contribution is -0.202. The van der Waals surface area contributed by atoms with E-state index < -0.39 is 23.8 Å². The van der Waals surface area contributed by atoms with E-state index in [0.717, 1.165) is 4.90 Å². The third-order valence-corrected chi connectivity index (χ3v) is 3.80. The van der Waals surface area contributed by atoms with Crippen LogP contribution in [0.15, 0.2) is 30.3 Å². The van der Waals surface area contributed by atoms with Crippen molar-refractivity contribution in [1.29, 1.82) is 0 Å². The number of carbonyl (C=O) groups is 1. The Kier molecular flexibility index (Phi) is 2.60. The molecule has 3 nitrogen and oxygen atoms in total. The molecule has 1 aliphatic heterocycles. The summed E-state index contributed by atoms with van der Waals surface area (Å²) in [5.74, 6) is -0.483. The van der Waals surface area contributed by atoms with Gasteiger partial charge in [0.25, 0.3) is 0 Å². The maximum absolute atomic E-state index is 13.2. The van der Waals surface area contributed by atoms with Crippen molar-refractivity contribution in [3.05, 3.63) is 35.9 Å². The molecule has 1 atom stereocenters. The van der Waals surface area contributed by atoms with Gasteiger partial charge in [-0.25, -0.2) is 0 Å². The van der Waals surface area contributed by atoms with Crippen LogP contribution in [0, 0.1) is 0 Å². The molecular formula is C13H13F3N2O. The topological polar surface area (TPSA) is 32.3 Å². The Balaban J connectivity index is 1.97. The molecule has 1 heterocycles. The molecule has 2 fully saturated rings. The molecule has 1 aromatic rings. The van der Waals surface area contributed by atoms with Crippen LogP contribution in [0.5, 0.6) is 0 Å². The Labute approximate surface area is 108 Å². The predicted molar refractivity (Wildman–Crippen MR) is 62.1 cm³/mol. The van der Waals surface area contributed by atoms with E-state index >= 15 is 0 Å². The number of nitrogens with one attached hydrogen (secondary N) is 1. The molecule has 6 heteroatoms. The summed E-state index contributed by atoms with van der Waals surface area (Å²) in [6.45, 7) is -0.0443. The van der Waals surface area contributed by atoms with Gasteiger partial charge in [0.1, 0.15) is 11.7 Å². The maximum Gasteiger partial charge on any atom is 0.411 e. The lowest BCUT2D eigenvalue weighted by Gasteiger charge is -2.34. The first-order valence-electron chi connectivity index (χ1n) is 6.13. The summed E-state index contributed by atoms with van der Waals surface area (Å²) in [5.41, 5.74) is -1.28. The van der Waals surface area contributed by atoms with Gasteiger partial charge in [0.05, 0.1) is 6.54 Å². The van der Waals surface area contributed by atoms with Crippen LogP contribution in [0.4, 0.5) is 13.2 Å². The van der Waals surface area contributed by atoms with E-state index in [1.165, 1.54) is 0 Å². The van der Waals surface area contributed by atoms with E-state index in [0.29, 0.717) is 5.56 Å². The third-order valence-electron chi connectivity index (χ3n) is 3.80. The highest BCUT2D eigenvalue weighted by molar-refractivity contribution is 5.82. The second-order valence-electron chi connectivity index (χ2n) is 4.99. The van der Waals surface area contributed by atoms with E-state index in [1.807, 2.05) is 0 Å². The highest BCUT2D eigenvalue weighted by Gasteiger charge is 2.70. The van der Waals surface area contributed by atoms with E-state index in [1.54, 1.807) is 30.3 Å². The Morgan fingerprint density at radius 2 is 1.84 bits per heavy atom. The molecule has 0 bridgehead atoms. The first-order chi connectivity index (χ1) is 8.96. The van der Waals surface area contributed by atoms with Gasteiger partial charge in [-0.3, -0.25) is 10.1 Å². The Bertz CT molecular complexity index is 496. The predicted octanol–water partition coefficient (Wildman–Crippen LogP) is 2.21. The number of halogens is 3. The quantitative estimate of drug-likeness (QED) is 0.893. The first-order valence-corrected chi connectivity index (χ1v) is 6.13. The molecule has 1 aliphatic carbocycles. The standard InChI is InChI=1S/C13H13F3N2O/c14-13(15,16)12(6-7-12)18-10(19)8-17-11(18)9-4-2-1-3-5-9/h1-5,11,17H,6-8H2. The van der Waals surface area contributed by atoms with Crippen molar-refractivity contribution in [1.82, 2.24) is 10.2 Å². The first kappa shape index (κ1) is 12.5. The van der Waals surface area contributed by atoms with Gasteiger partial charge in [-0.1, -0.05) is 30.3 Å². The van der Waals surface area contributed by atoms with Crippen LogP contribution in [0.2, 0.25) is 0 Å². The van der Waals surface area contributed by atoms with E-state index in [2.05, 4.69) is 5.32 Å². The SMILES string of the molecule is O=C1CNC(c2ccccc2)N1C1(C(F)(F)F)CC1. The second-order valence-corrected chi connectivity index (χ2v) is 4.99. The zero-order valence-corrected chi connectivity index (χ0v) is 10.1. The molecule has 1 amide bonds. The number of alkyl halides is 3. The molecule has 1 saturated heterocycles. The fourth-order valence-electron chi connectivity index (χ4n) is 2.67. The number of hydrogen-bond acceptors (Lipinski definition) is 2. The zero-order chi connectivity index (χ0) is 13.7. The molecule has 1 aromatic carbocycles. The maximum atomic E-state index is 13.2. The summed E-state index contributed by atoms with van der Waals surface area (Å²) >= 11 is 0. The van der Waals surface area contributed by atoms with Crippen molar-refractivity contribution in [3.63, 3.8) is 0 Å². The Hall–Kier alpha value is -1.56. The minimum atomic E-state index is -4.37. The van der Waals surface area contributed by atoms with Crippen LogP contribution in [0.3, 0.4) is 0 Å². The van der Waals surface area contributed by atoms with Gasteiger partial charge in [-0.15, -0.1) is 0 Å². The lowest BCUT2D eigenvalue weighted by Crippen LogP contribution is -2.50. The molecule has 102 valence electrons. The number of hydrogen-bond donors (Lipinski definition) is 1. The number of benzene rings is 1.